The number of morpholine rings is 1. The number of aliphatic imine (C=N–C) groups is 1. The van der Waals surface area contributed by atoms with E-state index in [4.69, 9.17) is 19.2 Å². The molecule has 0 aliphatic carbocycles. The molecule has 2 saturated heterocycles. The number of likely N-dealkylation sites (tertiary alicyclic amines) is 1. The SMILES string of the molecule is CCNC(=NCC(c1ccc(OC)c(OC)c1)N1CCOCC1)N1CCC(C)(C)C1.I. The highest BCUT2D eigenvalue weighted by atomic mass is 127. The van der Waals surface area contributed by atoms with Gasteiger partial charge in [-0.1, -0.05) is 19.9 Å². The van der Waals surface area contributed by atoms with Crippen LogP contribution in [0.2, 0.25) is 0 Å². The van der Waals surface area contributed by atoms with E-state index in [2.05, 4.69) is 48.0 Å². The van der Waals surface area contributed by atoms with Crippen LogP contribution < -0.4 is 14.8 Å². The predicted octanol–water partition coefficient (Wildman–Crippen LogP) is 3.39. The molecule has 0 aromatic heterocycles. The first kappa shape index (κ1) is 26.0. The van der Waals surface area contributed by atoms with E-state index < -0.39 is 0 Å². The Balaban J connectivity index is 0.00000341. The van der Waals surface area contributed by atoms with Gasteiger partial charge < -0.3 is 24.4 Å². The van der Waals surface area contributed by atoms with Crippen LogP contribution in [0.25, 0.3) is 0 Å². The highest BCUT2D eigenvalue weighted by molar-refractivity contribution is 14.0. The molecule has 1 atom stereocenters. The molecule has 1 N–H and O–H groups in total. The Morgan fingerprint density at radius 2 is 1.87 bits per heavy atom. The van der Waals surface area contributed by atoms with Crippen LogP contribution in [-0.2, 0) is 4.74 Å². The largest absolute Gasteiger partial charge is 0.493 e. The third-order valence-electron chi connectivity index (χ3n) is 6.00. The van der Waals surface area contributed by atoms with Gasteiger partial charge in [0.05, 0.1) is 40.0 Å². The Hall–Kier alpha value is -1.26. The van der Waals surface area contributed by atoms with Crippen molar-refractivity contribution in [2.75, 3.05) is 66.7 Å². The lowest BCUT2D eigenvalue weighted by Crippen LogP contribution is -2.43. The summed E-state index contributed by atoms with van der Waals surface area (Å²) in [5.41, 5.74) is 1.53. The van der Waals surface area contributed by atoms with Gasteiger partial charge in [-0.15, -0.1) is 24.0 Å². The summed E-state index contributed by atoms with van der Waals surface area (Å²) < 4.78 is 16.6. The maximum atomic E-state index is 5.59. The van der Waals surface area contributed by atoms with Crippen molar-refractivity contribution in [2.24, 2.45) is 10.4 Å². The molecule has 3 rings (SSSR count). The van der Waals surface area contributed by atoms with Crippen molar-refractivity contribution < 1.29 is 14.2 Å². The maximum absolute atomic E-state index is 5.59. The molecular weight excluding hydrogens is 507 g/mol. The second-order valence-corrected chi connectivity index (χ2v) is 8.81. The molecule has 1 unspecified atom stereocenters. The molecule has 0 radical (unpaired) electrons. The minimum absolute atomic E-state index is 0. The number of ether oxygens (including phenoxy) is 3. The van der Waals surface area contributed by atoms with Gasteiger partial charge in [0, 0.05) is 32.7 Å². The Labute approximate surface area is 204 Å². The third-order valence-corrected chi connectivity index (χ3v) is 6.00. The summed E-state index contributed by atoms with van der Waals surface area (Å²) in [5.74, 6) is 2.52. The van der Waals surface area contributed by atoms with Crippen LogP contribution >= 0.6 is 24.0 Å². The normalized spacial score (nSPS) is 20.2. The number of hydrogen-bond donors (Lipinski definition) is 1. The van der Waals surface area contributed by atoms with Gasteiger partial charge in [-0.3, -0.25) is 9.89 Å². The average molecular weight is 546 g/mol. The molecular formula is C23H39IN4O3. The number of halogens is 1. The van der Waals surface area contributed by atoms with Gasteiger partial charge in [-0.25, -0.2) is 0 Å². The van der Waals surface area contributed by atoms with Crippen molar-refractivity contribution >= 4 is 29.9 Å². The van der Waals surface area contributed by atoms with Crippen LogP contribution in [0.5, 0.6) is 11.5 Å². The monoisotopic (exact) mass is 546 g/mol. The van der Waals surface area contributed by atoms with Crippen molar-refractivity contribution in [3.63, 3.8) is 0 Å². The smallest absolute Gasteiger partial charge is 0.194 e. The van der Waals surface area contributed by atoms with E-state index in [9.17, 15) is 0 Å². The van der Waals surface area contributed by atoms with E-state index in [-0.39, 0.29) is 30.0 Å². The highest BCUT2D eigenvalue weighted by Gasteiger charge is 2.31. The van der Waals surface area contributed by atoms with Crippen LogP contribution in [0.3, 0.4) is 0 Å². The van der Waals surface area contributed by atoms with E-state index >= 15 is 0 Å². The predicted molar refractivity (Wildman–Crippen MR) is 136 cm³/mol. The molecule has 176 valence electrons. The first-order valence-electron chi connectivity index (χ1n) is 11.0. The summed E-state index contributed by atoms with van der Waals surface area (Å²) in [5, 5.41) is 3.50. The summed E-state index contributed by atoms with van der Waals surface area (Å²) in [6, 6.07) is 6.36. The number of rotatable bonds is 7. The van der Waals surface area contributed by atoms with Crippen LogP contribution in [-0.4, -0.2) is 82.5 Å². The fraction of sp³-hybridized carbons (Fsp3) is 0.696. The average Bonchev–Trinajstić information content (AvgIpc) is 3.13. The molecule has 0 bridgehead atoms. The number of methoxy groups -OCH3 is 2. The molecule has 2 fully saturated rings. The van der Waals surface area contributed by atoms with E-state index in [0.717, 1.165) is 63.4 Å². The summed E-state index contributed by atoms with van der Waals surface area (Å²) >= 11 is 0. The number of guanidine groups is 1. The van der Waals surface area contributed by atoms with E-state index in [1.165, 1.54) is 12.0 Å². The molecule has 2 aliphatic rings. The zero-order valence-corrected chi connectivity index (χ0v) is 22.0. The third kappa shape index (κ3) is 6.86. The Morgan fingerprint density at radius 1 is 1.16 bits per heavy atom. The van der Waals surface area contributed by atoms with Crippen molar-refractivity contribution in [2.45, 2.75) is 33.2 Å². The lowest BCUT2D eigenvalue weighted by Gasteiger charge is -2.34. The fourth-order valence-electron chi connectivity index (χ4n) is 4.27. The van der Waals surface area contributed by atoms with Crippen molar-refractivity contribution in [3.05, 3.63) is 23.8 Å². The molecule has 8 heteroatoms. The standard InChI is InChI=1S/C23H38N4O3.HI/c1-6-24-22(27-10-9-23(2,3)17-27)25-16-19(26-11-13-30-14-12-26)18-7-8-20(28-4)21(15-18)29-5;/h7-8,15,19H,6,9-14,16-17H2,1-5H3,(H,24,25);1H. The molecule has 1 aromatic carbocycles. The Kier molecular flexibility index (Phi) is 10.2. The molecule has 0 spiro atoms. The van der Waals surface area contributed by atoms with Gasteiger partial charge in [0.2, 0.25) is 0 Å². The minimum Gasteiger partial charge on any atom is -0.493 e. The zero-order valence-electron chi connectivity index (χ0n) is 19.6. The molecule has 2 heterocycles. The summed E-state index contributed by atoms with van der Waals surface area (Å²) in [6.45, 7) is 13.8. The second-order valence-electron chi connectivity index (χ2n) is 8.81. The quantitative estimate of drug-likeness (QED) is 0.322. The first-order valence-corrected chi connectivity index (χ1v) is 11.0. The van der Waals surface area contributed by atoms with Crippen LogP contribution in [0, 0.1) is 5.41 Å². The summed E-state index contributed by atoms with van der Waals surface area (Å²) in [4.78, 5) is 9.95. The van der Waals surface area contributed by atoms with Crippen LogP contribution in [0.4, 0.5) is 0 Å². The minimum atomic E-state index is 0. The molecule has 1 aromatic rings. The zero-order chi connectivity index (χ0) is 21.6. The summed E-state index contributed by atoms with van der Waals surface area (Å²) in [6.07, 6.45) is 1.19. The van der Waals surface area contributed by atoms with Crippen molar-refractivity contribution in [1.82, 2.24) is 15.1 Å². The molecule has 2 aliphatic heterocycles. The van der Waals surface area contributed by atoms with Gasteiger partial charge in [0.1, 0.15) is 0 Å². The highest BCUT2D eigenvalue weighted by Crippen LogP contribution is 2.33. The fourth-order valence-corrected chi connectivity index (χ4v) is 4.27. The van der Waals surface area contributed by atoms with Crippen molar-refractivity contribution in [3.8, 4) is 11.5 Å². The topological polar surface area (TPSA) is 58.6 Å². The molecule has 7 nitrogen and oxygen atoms in total. The van der Waals surface area contributed by atoms with E-state index in [1.54, 1.807) is 14.2 Å². The number of nitrogens with one attached hydrogen (secondary N) is 1. The van der Waals surface area contributed by atoms with Gasteiger partial charge in [-0.2, -0.15) is 0 Å². The van der Waals surface area contributed by atoms with Gasteiger partial charge in [-0.05, 0) is 36.5 Å². The van der Waals surface area contributed by atoms with Gasteiger partial charge in [0.15, 0.2) is 17.5 Å². The molecule has 0 amide bonds. The maximum Gasteiger partial charge on any atom is 0.194 e. The number of benzene rings is 1. The number of nitrogens with zero attached hydrogens (tertiary/aromatic N) is 3. The van der Waals surface area contributed by atoms with Crippen molar-refractivity contribution in [1.29, 1.82) is 0 Å². The molecule has 31 heavy (non-hydrogen) atoms. The first-order chi connectivity index (χ1) is 14.5. The lowest BCUT2D eigenvalue weighted by molar-refractivity contribution is 0.0179. The van der Waals surface area contributed by atoms with Gasteiger partial charge in [0.25, 0.3) is 0 Å². The lowest BCUT2D eigenvalue weighted by atomic mass is 9.93. The summed E-state index contributed by atoms with van der Waals surface area (Å²) in [7, 11) is 3.35. The van der Waals surface area contributed by atoms with E-state index in [1.807, 2.05) is 6.07 Å². The Morgan fingerprint density at radius 3 is 2.45 bits per heavy atom. The van der Waals surface area contributed by atoms with Crippen LogP contribution in [0.15, 0.2) is 23.2 Å². The number of hydrogen-bond acceptors (Lipinski definition) is 5. The van der Waals surface area contributed by atoms with Crippen LogP contribution in [0.1, 0.15) is 38.8 Å². The Bertz CT molecular complexity index is 723. The van der Waals surface area contributed by atoms with Gasteiger partial charge >= 0.3 is 0 Å². The van der Waals surface area contributed by atoms with E-state index in [0.29, 0.717) is 12.0 Å². The molecule has 0 saturated carbocycles. The second kappa shape index (κ2) is 12.1.